The molecule has 4 heteroatoms. The van der Waals surface area contributed by atoms with Crippen molar-refractivity contribution in [2.24, 2.45) is 0 Å². The summed E-state index contributed by atoms with van der Waals surface area (Å²) in [5.41, 5.74) is 4.71. The van der Waals surface area contributed by atoms with Crippen LogP contribution in [0.5, 0.6) is 11.5 Å². The maximum atomic E-state index is 5.56. The molecule has 0 bridgehead atoms. The lowest BCUT2D eigenvalue weighted by atomic mass is 10.0. The van der Waals surface area contributed by atoms with Gasteiger partial charge in [-0.1, -0.05) is 18.2 Å². The van der Waals surface area contributed by atoms with Crippen LogP contribution in [0.2, 0.25) is 0 Å². The second kappa shape index (κ2) is 9.19. The molecule has 3 rings (SSSR count). The topological polar surface area (TPSA) is 43.4 Å². The first-order chi connectivity index (χ1) is 13.2. The highest BCUT2D eigenvalue weighted by atomic mass is 16.5. The van der Waals surface area contributed by atoms with Crippen molar-refractivity contribution in [3.8, 4) is 22.6 Å². The molecule has 1 aromatic heterocycles. The Morgan fingerprint density at radius 2 is 1.63 bits per heavy atom. The summed E-state index contributed by atoms with van der Waals surface area (Å²) in [5, 5.41) is 3.60. The van der Waals surface area contributed by atoms with Gasteiger partial charge in [-0.05, 0) is 66.4 Å². The minimum atomic E-state index is 0.374. The van der Waals surface area contributed by atoms with Crippen LogP contribution in [0, 0.1) is 0 Å². The highest BCUT2D eigenvalue weighted by Gasteiger charge is 2.09. The molecule has 0 aliphatic carbocycles. The van der Waals surface area contributed by atoms with Crippen LogP contribution in [0.3, 0.4) is 0 Å². The molecule has 0 aliphatic rings. The van der Waals surface area contributed by atoms with E-state index in [4.69, 9.17) is 9.47 Å². The largest absolute Gasteiger partial charge is 0.497 e. The van der Waals surface area contributed by atoms with E-state index < -0.39 is 0 Å². The Kier molecular flexibility index (Phi) is 6.44. The van der Waals surface area contributed by atoms with Crippen LogP contribution in [-0.4, -0.2) is 25.2 Å². The van der Waals surface area contributed by atoms with E-state index in [1.165, 1.54) is 11.1 Å². The second-order valence-corrected chi connectivity index (χ2v) is 6.60. The molecule has 0 aliphatic heterocycles. The van der Waals surface area contributed by atoms with Crippen molar-refractivity contribution in [2.45, 2.75) is 25.9 Å². The van der Waals surface area contributed by atoms with Gasteiger partial charge in [0.2, 0.25) is 0 Å². The number of nitrogens with one attached hydrogen (secondary N) is 1. The van der Waals surface area contributed by atoms with Gasteiger partial charge in [-0.25, -0.2) is 0 Å². The zero-order valence-corrected chi connectivity index (χ0v) is 16.1. The lowest BCUT2D eigenvalue weighted by Crippen LogP contribution is -2.27. The van der Waals surface area contributed by atoms with Crippen LogP contribution in [0.1, 0.15) is 18.1 Å². The van der Waals surface area contributed by atoms with Crippen molar-refractivity contribution in [3.05, 3.63) is 78.1 Å². The van der Waals surface area contributed by atoms with Crippen molar-refractivity contribution in [2.75, 3.05) is 14.2 Å². The molecule has 0 radical (unpaired) electrons. The van der Waals surface area contributed by atoms with E-state index in [-0.39, 0.29) is 0 Å². The Labute approximate surface area is 161 Å². The summed E-state index contributed by atoms with van der Waals surface area (Å²) in [4.78, 5) is 4.07. The van der Waals surface area contributed by atoms with Crippen LogP contribution in [-0.2, 0) is 13.0 Å². The Bertz CT molecular complexity index is 848. The molecule has 2 aromatic carbocycles. The molecule has 1 unspecified atom stereocenters. The van der Waals surface area contributed by atoms with E-state index in [9.17, 15) is 0 Å². The van der Waals surface area contributed by atoms with Gasteiger partial charge in [-0.3, -0.25) is 4.98 Å². The van der Waals surface area contributed by atoms with E-state index >= 15 is 0 Å². The third-order valence-electron chi connectivity index (χ3n) is 4.61. The van der Waals surface area contributed by atoms with E-state index in [1.807, 2.05) is 30.6 Å². The Balaban J connectivity index is 1.70. The number of methoxy groups -OCH3 is 2. The number of pyridine rings is 1. The van der Waals surface area contributed by atoms with Crippen LogP contribution in [0.15, 0.2) is 67.0 Å². The van der Waals surface area contributed by atoms with Crippen molar-refractivity contribution in [1.29, 1.82) is 0 Å². The fourth-order valence-corrected chi connectivity index (χ4v) is 3.10. The van der Waals surface area contributed by atoms with Gasteiger partial charge in [-0.15, -0.1) is 0 Å². The van der Waals surface area contributed by atoms with Crippen LogP contribution in [0.4, 0.5) is 0 Å². The standard InChI is InChI=1S/C23H26N2O2/c1-17(14-18-10-12-24-13-11-18)25-16-19-4-9-23(27-3)22(15-19)20-5-7-21(26-2)8-6-20/h4-13,15,17,25H,14,16H2,1-3H3. The Morgan fingerprint density at radius 3 is 2.30 bits per heavy atom. The molecule has 27 heavy (non-hydrogen) atoms. The van der Waals surface area contributed by atoms with Crippen LogP contribution >= 0.6 is 0 Å². The molecule has 1 N–H and O–H groups in total. The molecule has 0 saturated carbocycles. The highest BCUT2D eigenvalue weighted by Crippen LogP contribution is 2.32. The number of benzene rings is 2. The lowest BCUT2D eigenvalue weighted by molar-refractivity contribution is 0.414. The van der Waals surface area contributed by atoms with Gasteiger partial charge in [0.1, 0.15) is 11.5 Å². The molecule has 3 aromatic rings. The fraction of sp³-hybridized carbons (Fsp3) is 0.261. The van der Waals surface area contributed by atoms with Crippen molar-refractivity contribution in [3.63, 3.8) is 0 Å². The van der Waals surface area contributed by atoms with Gasteiger partial charge in [0.15, 0.2) is 0 Å². The van der Waals surface area contributed by atoms with Gasteiger partial charge in [-0.2, -0.15) is 0 Å². The first-order valence-electron chi connectivity index (χ1n) is 9.13. The average molecular weight is 362 g/mol. The number of rotatable bonds is 8. The summed E-state index contributed by atoms with van der Waals surface area (Å²) in [6, 6.07) is 18.9. The van der Waals surface area contributed by atoms with E-state index in [0.717, 1.165) is 35.6 Å². The van der Waals surface area contributed by atoms with Crippen LogP contribution in [0.25, 0.3) is 11.1 Å². The minimum absolute atomic E-state index is 0.374. The maximum Gasteiger partial charge on any atom is 0.126 e. The number of aromatic nitrogens is 1. The molecule has 0 fully saturated rings. The first kappa shape index (κ1) is 18.9. The van der Waals surface area contributed by atoms with E-state index in [0.29, 0.717) is 6.04 Å². The number of hydrogen-bond donors (Lipinski definition) is 1. The Morgan fingerprint density at radius 1 is 0.889 bits per heavy atom. The summed E-state index contributed by atoms with van der Waals surface area (Å²) in [6.45, 7) is 3.01. The fourth-order valence-electron chi connectivity index (χ4n) is 3.10. The lowest BCUT2D eigenvalue weighted by Gasteiger charge is -2.16. The molecular formula is C23H26N2O2. The minimum Gasteiger partial charge on any atom is -0.497 e. The molecule has 1 atom stereocenters. The van der Waals surface area contributed by atoms with Gasteiger partial charge >= 0.3 is 0 Å². The van der Waals surface area contributed by atoms with Gasteiger partial charge in [0.25, 0.3) is 0 Å². The van der Waals surface area contributed by atoms with Crippen LogP contribution < -0.4 is 14.8 Å². The highest BCUT2D eigenvalue weighted by molar-refractivity contribution is 5.71. The summed E-state index contributed by atoms with van der Waals surface area (Å²) in [6.07, 6.45) is 4.66. The quantitative estimate of drug-likeness (QED) is 0.641. The maximum absolute atomic E-state index is 5.56. The molecule has 0 spiro atoms. The monoisotopic (exact) mass is 362 g/mol. The summed E-state index contributed by atoms with van der Waals surface area (Å²) in [5.74, 6) is 1.72. The van der Waals surface area contributed by atoms with Crippen molar-refractivity contribution in [1.82, 2.24) is 10.3 Å². The molecule has 0 saturated heterocycles. The number of ether oxygens (including phenoxy) is 2. The number of hydrogen-bond acceptors (Lipinski definition) is 4. The zero-order chi connectivity index (χ0) is 19.1. The van der Waals surface area contributed by atoms with Crippen molar-refractivity contribution < 1.29 is 9.47 Å². The van der Waals surface area contributed by atoms with E-state index in [1.54, 1.807) is 14.2 Å². The molecule has 0 amide bonds. The average Bonchev–Trinajstić information content (AvgIpc) is 2.73. The summed E-state index contributed by atoms with van der Waals surface area (Å²) in [7, 11) is 3.38. The summed E-state index contributed by atoms with van der Waals surface area (Å²) >= 11 is 0. The van der Waals surface area contributed by atoms with E-state index in [2.05, 4.69) is 53.6 Å². The van der Waals surface area contributed by atoms with Gasteiger partial charge in [0, 0.05) is 30.5 Å². The predicted octanol–water partition coefficient (Wildman–Crippen LogP) is 4.49. The molecule has 1 heterocycles. The predicted molar refractivity (Wildman–Crippen MR) is 109 cm³/mol. The Hall–Kier alpha value is -2.85. The van der Waals surface area contributed by atoms with Gasteiger partial charge < -0.3 is 14.8 Å². The smallest absolute Gasteiger partial charge is 0.126 e. The molecule has 140 valence electrons. The molecular weight excluding hydrogens is 336 g/mol. The third kappa shape index (κ3) is 5.08. The first-order valence-corrected chi connectivity index (χ1v) is 9.13. The normalized spacial score (nSPS) is 11.8. The molecule has 4 nitrogen and oxygen atoms in total. The van der Waals surface area contributed by atoms with Gasteiger partial charge in [0.05, 0.1) is 14.2 Å². The number of nitrogens with zero attached hydrogens (tertiary/aromatic N) is 1. The third-order valence-corrected chi connectivity index (χ3v) is 4.61. The van der Waals surface area contributed by atoms with Crippen molar-refractivity contribution >= 4 is 0 Å². The zero-order valence-electron chi connectivity index (χ0n) is 16.1. The SMILES string of the molecule is COc1ccc(-c2cc(CNC(C)Cc3ccncc3)ccc2OC)cc1. The second-order valence-electron chi connectivity index (χ2n) is 6.60. The summed E-state index contributed by atoms with van der Waals surface area (Å²) < 4.78 is 10.8.